The molecule has 3 aromatic heterocycles. The van der Waals surface area contributed by atoms with Crippen LogP contribution in [0.25, 0.3) is 11.0 Å². The third-order valence-corrected chi connectivity index (χ3v) is 4.95. The third-order valence-electron chi connectivity index (χ3n) is 4.95. The number of aromatic amines is 1. The summed E-state index contributed by atoms with van der Waals surface area (Å²) < 4.78 is 1.95. The van der Waals surface area contributed by atoms with E-state index in [1.807, 2.05) is 11.5 Å². The number of carbonyl (C=O) groups excluding carboxylic acids is 1. The van der Waals surface area contributed by atoms with E-state index in [0.29, 0.717) is 22.5 Å². The van der Waals surface area contributed by atoms with Crippen molar-refractivity contribution in [3.63, 3.8) is 0 Å². The minimum Gasteiger partial charge on any atom is -0.383 e. The van der Waals surface area contributed by atoms with E-state index in [-0.39, 0.29) is 16.9 Å². The monoisotopic (exact) mass is 393 g/mol. The zero-order valence-electron chi connectivity index (χ0n) is 16.8. The van der Waals surface area contributed by atoms with Crippen LogP contribution in [0.1, 0.15) is 55.4 Å². The molecule has 1 aliphatic rings. The van der Waals surface area contributed by atoms with Gasteiger partial charge in [-0.25, -0.2) is 9.97 Å². The second kappa shape index (κ2) is 6.32. The molecule has 1 saturated carbocycles. The van der Waals surface area contributed by atoms with Crippen molar-refractivity contribution in [2.45, 2.75) is 51.7 Å². The second-order valence-electron chi connectivity index (χ2n) is 8.21. The van der Waals surface area contributed by atoms with Gasteiger partial charge in [0.05, 0.1) is 10.9 Å². The smallest absolute Gasteiger partial charge is 0.260 e. The van der Waals surface area contributed by atoms with Crippen LogP contribution in [0, 0.1) is 18.8 Å². The maximum atomic E-state index is 13.3. The Balaban J connectivity index is 1.98. The highest BCUT2D eigenvalue weighted by molar-refractivity contribution is 6.16. The summed E-state index contributed by atoms with van der Waals surface area (Å²) in [7, 11) is 0. The number of nitrogens with one attached hydrogen (secondary N) is 2. The lowest BCUT2D eigenvalue weighted by molar-refractivity contribution is 0.102. The molecule has 3 heterocycles. The molecule has 9 heteroatoms. The largest absolute Gasteiger partial charge is 0.383 e. The van der Waals surface area contributed by atoms with Crippen molar-refractivity contribution in [3.05, 3.63) is 29.3 Å². The van der Waals surface area contributed by atoms with E-state index in [1.54, 1.807) is 19.9 Å². The molecule has 3 aromatic rings. The molecule has 4 rings (SSSR count). The molecule has 0 atom stereocenters. The molecule has 29 heavy (non-hydrogen) atoms. The first-order valence-electron chi connectivity index (χ1n) is 9.33. The van der Waals surface area contributed by atoms with Crippen molar-refractivity contribution < 1.29 is 9.90 Å². The number of nitrogens with two attached hydrogens (primary N) is 1. The van der Waals surface area contributed by atoms with Crippen molar-refractivity contribution in [3.8, 4) is 11.8 Å². The van der Waals surface area contributed by atoms with Crippen LogP contribution in [-0.4, -0.2) is 41.3 Å². The van der Waals surface area contributed by atoms with Gasteiger partial charge in [-0.2, -0.15) is 5.10 Å². The van der Waals surface area contributed by atoms with E-state index in [1.165, 1.54) is 6.33 Å². The summed E-state index contributed by atoms with van der Waals surface area (Å²) in [5.74, 6) is 6.01. The fraction of sp³-hybridized carbons (Fsp3) is 0.400. The zero-order chi connectivity index (χ0) is 21.0. The van der Waals surface area contributed by atoms with Gasteiger partial charge in [-0.3, -0.25) is 9.89 Å². The highest BCUT2D eigenvalue weighted by Gasteiger charge is 2.44. The summed E-state index contributed by atoms with van der Waals surface area (Å²) in [5.41, 5.74) is 6.82. The highest BCUT2D eigenvalue weighted by Crippen LogP contribution is 2.47. The first kappa shape index (κ1) is 19.0. The minimum atomic E-state index is -1.23. The van der Waals surface area contributed by atoms with Crippen LogP contribution in [0.15, 0.2) is 12.4 Å². The predicted octanol–water partition coefficient (Wildman–Crippen LogP) is 1.93. The molecular weight excluding hydrogens is 370 g/mol. The molecule has 150 valence electrons. The van der Waals surface area contributed by atoms with Gasteiger partial charge in [0.2, 0.25) is 0 Å². The third kappa shape index (κ3) is 3.43. The van der Waals surface area contributed by atoms with Gasteiger partial charge in [-0.05, 0) is 46.5 Å². The summed E-state index contributed by atoms with van der Waals surface area (Å²) in [4.78, 5) is 21.8. The van der Waals surface area contributed by atoms with Gasteiger partial charge in [-0.15, -0.1) is 0 Å². The molecule has 0 spiro atoms. The number of H-pyrrole nitrogens is 1. The molecule has 0 radical (unpaired) electrons. The van der Waals surface area contributed by atoms with Crippen molar-refractivity contribution in [2.24, 2.45) is 0 Å². The molecule has 0 aromatic carbocycles. The highest BCUT2D eigenvalue weighted by atomic mass is 16.3. The molecule has 1 fully saturated rings. The van der Waals surface area contributed by atoms with Gasteiger partial charge in [0.15, 0.2) is 5.82 Å². The lowest BCUT2D eigenvalue weighted by Gasteiger charge is -2.15. The van der Waals surface area contributed by atoms with Crippen molar-refractivity contribution in [2.75, 3.05) is 11.1 Å². The van der Waals surface area contributed by atoms with E-state index in [2.05, 4.69) is 44.2 Å². The average molecular weight is 393 g/mol. The van der Waals surface area contributed by atoms with Gasteiger partial charge < -0.3 is 20.7 Å². The van der Waals surface area contributed by atoms with Crippen LogP contribution in [-0.2, 0) is 5.54 Å². The zero-order valence-corrected chi connectivity index (χ0v) is 16.8. The van der Waals surface area contributed by atoms with E-state index in [9.17, 15) is 9.90 Å². The number of rotatable bonds is 3. The molecule has 1 amide bonds. The Morgan fingerprint density at radius 3 is 2.72 bits per heavy atom. The lowest BCUT2D eigenvalue weighted by atomic mass is 10.1. The van der Waals surface area contributed by atoms with E-state index >= 15 is 0 Å². The molecule has 0 bridgehead atoms. The molecule has 0 unspecified atom stereocenters. The Labute approximate surface area is 167 Å². The second-order valence-corrected chi connectivity index (χ2v) is 8.21. The number of nitrogen functional groups attached to an aromatic ring is 1. The number of hydrogen-bond donors (Lipinski definition) is 4. The maximum absolute atomic E-state index is 13.3. The first-order chi connectivity index (χ1) is 13.6. The number of anilines is 2. The molecular formula is C20H23N7O2. The van der Waals surface area contributed by atoms with E-state index < -0.39 is 11.5 Å². The Hall–Kier alpha value is -3.38. The SMILES string of the molecule is Cc1cc(NC(=O)c2c(C#CC(C)(C)O)n(C3(C)CC3)c3ncnc(N)c23)n[nH]1. The van der Waals surface area contributed by atoms with Crippen LogP contribution in [0.3, 0.4) is 0 Å². The van der Waals surface area contributed by atoms with Crippen LogP contribution in [0.2, 0.25) is 0 Å². The fourth-order valence-corrected chi connectivity index (χ4v) is 3.28. The molecule has 9 nitrogen and oxygen atoms in total. The molecule has 5 N–H and O–H groups in total. The van der Waals surface area contributed by atoms with Crippen LogP contribution >= 0.6 is 0 Å². The number of hydrogen-bond acceptors (Lipinski definition) is 6. The number of carbonyl (C=O) groups is 1. The van der Waals surface area contributed by atoms with Gasteiger partial charge in [0.1, 0.15) is 29.1 Å². The topological polar surface area (TPSA) is 135 Å². The quantitative estimate of drug-likeness (QED) is 0.502. The summed E-state index contributed by atoms with van der Waals surface area (Å²) in [6, 6.07) is 1.72. The van der Waals surface area contributed by atoms with Crippen LogP contribution in [0.4, 0.5) is 11.6 Å². The lowest BCUT2D eigenvalue weighted by Crippen LogP contribution is -2.19. The fourth-order valence-electron chi connectivity index (χ4n) is 3.28. The van der Waals surface area contributed by atoms with Crippen LogP contribution < -0.4 is 11.1 Å². The normalized spacial score (nSPS) is 15.1. The Morgan fingerprint density at radius 1 is 1.41 bits per heavy atom. The standard InChI is InChI=1S/C20H23N7O2/c1-11-9-13(26-25-11)24-18(28)14-12(5-6-19(2,3)29)27(20(4)7-8-20)17-15(14)16(21)22-10-23-17/h9-10,29H,7-8H2,1-4H3,(H2,21,22,23)(H2,24,25,26,28). The van der Waals surface area contributed by atoms with Crippen molar-refractivity contribution in [1.82, 2.24) is 24.7 Å². The number of amides is 1. The molecule has 0 saturated heterocycles. The summed E-state index contributed by atoms with van der Waals surface area (Å²) in [5, 5.41) is 20.2. The Morgan fingerprint density at radius 2 is 2.14 bits per heavy atom. The predicted molar refractivity (Wildman–Crippen MR) is 109 cm³/mol. The Kier molecular flexibility index (Phi) is 4.13. The van der Waals surface area contributed by atoms with E-state index in [4.69, 9.17) is 5.73 Å². The van der Waals surface area contributed by atoms with E-state index in [0.717, 1.165) is 18.5 Å². The average Bonchev–Trinajstić information content (AvgIpc) is 3.08. The molecule has 1 aliphatic carbocycles. The van der Waals surface area contributed by atoms with Crippen molar-refractivity contribution >= 4 is 28.6 Å². The number of fused-ring (bicyclic) bond motifs is 1. The van der Waals surface area contributed by atoms with Crippen molar-refractivity contribution in [1.29, 1.82) is 0 Å². The summed E-state index contributed by atoms with van der Waals surface area (Å²) >= 11 is 0. The van der Waals surface area contributed by atoms with Gasteiger partial charge >= 0.3 is 0 Å². The Bertz CT molecular complexity index is 1180. The van der Waals surface area contributed by atoms with Gasteiger partial charge in [0.25, 0.3) is 5.91 Å². The number of aliphatic hydroxyl groups is 1. The number of aryl methyl sites for hydroxylation is 1. The number of aromatic nitrogens is 5. The minimum absolute atomic E-state index is 0.202. The first-order valence-corrected chi connectivity index (χ1v) is 9.33. The maximum Gasteiger partial charge on any atom is 0.260 e. The number of nitrogens with zero attached hydrogens (tertiary/aromatic N) is 4. The van der Waals surface area contributed by atoms with Gasteiger partial charge in [0, 0.05) is 17.3 Å². The van der Waals surface area contributed by atoms with Gasteiger partial charge in [-0.1, -0.05) is 5.92 Å². The summed E-state index contributed by atoms with van der Waals surface area (Å²) in [6.45, 7) is 7.10. The molecule has 0 aliphatic heterocycles. The summed E-state index contributed by atoms with van der Waals surface area (Å²) in [6.07, 6.45) is 3.24. The van der Waals surface area contributed by atoms with Crippen LogP contribution in [0.5, 0.6) is 0 Å².